The minimum Gasteiger partial charge on any atom is -0.511 e. The van der Waals surface area contributed by atoms with E-state index in [1.165, 1.54) is 5.56 Å². The van der Waals surface area contributed by atoms with Gasteiger partial charge < -0.3 is 31.3 Å². The van der Waals surface area contributed by atoms with Crippen LogP contribution in [0.3, 0.4) is 0 Å². The predicted molar refractivity (Wildman–Crippen MR) is 175 cm³/mol. The van der Waals surface area contributed by atoms with Gasteiger partial charge in [0.05, 0.1) is 29.7 Å². The molecule has 0 fully saturated rings. The molecule has 0 radical (unpaired) electrons. The number of aliphatic hydroxyl groups is 2. The molecule has 0 amide bonds. The number of hydrogen-bond acceptors (Lipinski definition) is 8. The van der Waals surface area contributed by atoms with E-state index in [0.717, 1.165) is 16.7 Å². The van der Waals surface area contributed by atoms with Crippen LogP contribution in [0.25, 0.3) is 0 Å². The van der Waals surface area contributed by atoms with E-state index in [1.807, 2.05) is 32.0 Å². The Morgan fingerprint density at radius 3 is 2.34 bits per heavy atom. The number of nitrogens with one attached hydrogen (secondary N) is 1. The SMILES string of the molecule is C=C(N)C(C)C(=O)C1C(O)=C2C(=O)c3c(O)c(NCc4ccc(C(C)(C)C)cc4)cc(CC)c3C[C@H]2C[C@H]1[C@@H](CO)N(C)C. The normalized spacial score (nSPS) is 21.5. The molecule has 44 heavy (non-hydrogen) atoms. The summed E-state index contributed by atoms with van der Waals surface area (Å²) in [6.45, 7) is 14.1. The summed E-state index contributed by atoms with van der Waals surface area (Å²) in [4.78, 5) is 29.8. The van der Waals surface area contributed by atoms with E-state index in [2.05, 4.69) is 56.9 Å². The van der Waals surface area contributed by atoms with E-state index in [4.69, 9.17) is 5.73 Å². The molecule has 0 saturated carbocycles. The monoisotopic (exact) mass is 603 g/mol. The van der Waals surface area contributed by atoms with E-state index < -0.39 is 29.6 Å². The number of Topliss-reactive ketones (excluding diaryl/α,β-unsaturated/α-hetero) is 2. The Hall–Kier alpha value is -3.62. The van der Waals surface area contributed by atoms with Crippen LogP contribution in [-0.4, -0.2) is 58.5 Å². The number of benzene rings is 2. The quantitative estimate of drug-likeness (QED) is 0.232. The number of rotatable bonds is 10. The zero-order chi connectivity index (χ0) is 32.7. The Morgan fingerprint density at radius 1 is 1.18 bits per heavy atom. The number of phenolic OH excluding ortho intramolecular Hbond substituents is 1. The number of fused-ring (bicyclic) bond motifs is 2. The van der Waals surface area contributed by atoms with Crippen LogP contribution >= 0.6 is 0 Å². The van der Waals surface area contributed by atoms with Crippen LogP contribution in [0.4, 0.5) is 5.69 Å². The molecule has 4 rings (SSSR count). The number of hydrogen-bond donors (Lipinski definition) is 5. The van der Waals surface area contributed by atoms with Crippen molar-refractivity contribution in [2.75, 3.05) is 26.0 Å². The summed E-state index contributed by atoms with van der Waals surface area (Å²) in [5.74, 6) is -3.82. The van der Waals surface area contributed by atoms with Crippen molar-refractivity contribution in [2.45, 2.75) is 71.9 Å². The highest BCUT2D eigenvalue weighted by atomic mass is 16.3. The maximum Gasteiger partial charge on any atom is 0.196 e. The molecule has 2 unspecified atom stereocenters. The molecule has 0 saturated heterocycles. The molecule has 8 heteroatoms. The fourth-order valence-electron chi connectivity index (χ4n) is 6.90. The van der Waals surface area contributed by atoms with Crippen molar-refractivity contribution in [3.63, 3.8) is 0 Å². The van der Waals surface area contributed by atoms with Gasteiger partial charge in [0.15, 0.2) is 11.6 Å². The lowest BCUT2D eigenvalue weighted by Crippen LogP contribution is -2.50. The number of nitrogens with two attached hydrogens (primary N) is 1. The second kappa shape index (κ2) is 12.8. The van der Waals surface area contributed by atoms with Crippen LogP contribution in [0, 0.1) is 23.7 Å². The van der Waals surface area contributed by atoms with E-state index in [1.54, 1.807) is 6.92 Å². The largest absolute Gasteiger partial charge is 0.511 e. The van der Waals surface area contributed by atoms with Crippen molar-refractivity contribution < 1.29 is 24.9 Å². The van der Waals surface area contributed by atoms with Gasteiger partial charge in [-0.3, -0.25) is 9.59 Å². The van der Waals surface area contributed by atoms with Crippen molar-refractivity contribution in [1.29, 1.82) is 0 Å². The smallest absolute Gasteiger partial charge is 0.196 e. The minimum atomic E-state index is -1.04. The summed E-state index contributed by atoms with van der Waals surface area (Å²) >= 11 is 0. The van der Waals surface area contributed by atoms with Crippen molar-refractivity contribution >= 4 is 17.3 Å². The first kappa shape index (κ1) is 33.3. The molecule has 2 aliphatic carbocycles. The predicted octanol–water partition coefficient (Wildman–Crippen LogP) is 5.27. The van der Waals surface area contributed by atoms with Gasteiger partial charge in [-0.25, -0.2) is 0 Å². The number of aromatic hydroxyl groups is 1. The highest BCUT2D eigenvalue weighted by molar-refractivity contribution is 6.15. The maximum atomic E-state index is 14.2. The molecule has 0 aliphatic heterocycles. The zero-order valence-corrected chi connectivity index (χ0v) is 27.2. The van der Waals surface area contributed by atoms with Crippen LogP contribution in [0.5, 0.6) is 5.75 Å². The van der Waals surface area contributed by atoms with Crippen molar-refractivity contribution in [3.8, 4) is 5.75 Å². The summed E-state index contributed by atoms with van der Waals surface area (Å²) in [5.41, 5.74) is 10.9. The van der Waals surface area contributed by atoms with Crippen LogP contribution < -0.4 is 11.1 Å². The Balaban J connectivity index is 1.76. The van der Waals surface area contributed by atoms with Gasteiger partial charge in [-0.1, -0.05) is 58.5 Å². The third-order valence-electron chi connectivity index (χ3n) is 9.70. The summed E-state index contributed by atoms with van der Waals surface area (Å²) in [6.07, 6.45) is 1.51. The van der Waals surface area contributed by atoms with E-state index >= 15 is 0 Å². The maximum absolute atomic E-state index is 14.2. The van der Waals surface area contributed by atoms with Gasteiger partial charge in [0.1, 0.15) is 11.5 Å². The summed E-state index contributed by atoms with van der Waals surface area (Å²) in [7, 11) is 3.65. The van der Waals surface area contributed by atoms with Crippen molar-refractivity contribution in [3.05, 3.63) is 81.8 Å². The molecule has 6 N–H and O–H groups in total. The average Bonchev–Trinajstić information content (AvgIpc) is 2.95. The third kappa shape index (κ3) is 6.15. The number of carbonyl (C=O) groups excluding carboxylic acids is 2. The Morgan fingerprint density at radius 2 is 1.82 bits per heavy atom. The summed E-state index contributed by atoms with van der Waals surface area (Å²) in [5, 5.41) is 36.9. The van der Waals surface area contributed by atoms with Crippen LogP contribution in [-0.2, 0) is 29.6 Å². The number of ketones is 2. The molecule has 0 aromatic heterocycles. The van der Waals surface area contributed by atoms with Gasteiger partial charge in [0, 0.05) is 23.9 Å². The van der Waals surface area contributed by atoms with Crippen LogP contribution in [0.1, 0.15) is 73.7 Å². The minimum absolute atomic E-state index is 0.0434. The molecular formula is C36H49N3O5. The van der Waals surface area contributed by atoms with Gasteiger partial charge in [-0.2, -0.15) is 0 Å². The molecule has 5 atom stereocenters. The molecule has 0 spiro atoms. The topological polar surface area (TPSA) is 136 Å². The van der Waals surface area contributed by atoms with Crippen molar-refractivity contribution in [2.24, 2.45) is 29.4 Å². The molecule has 8 nitrogen and oxygen atoms in total. The summed E-state index contributed by atoms with van der Waals surface area (Å²) < 4.78 is 0. The molecule has 238 valence electrons. The second-order valence-electron chi connectivity index (χ2n) is 13.8. The van der Waals surface area contributed by atoms with Gasteiger partial charge >= 0.3 is 0 Å². The number of allylic oxidation sites excluding steroid dienone is 3. The third-order valence-corrected chi connectivity index (χ3v) is 9.70. The lowest BCUT2D eigenvalue weighted by atomic mass is 9.62. The number of aliphatic hydroxyl groups excluding tert-OH is 2. The van der Waals surface area contributed by atoms with Crippen LogP contribution in [0.2, 0.25) is 0 Å². The molecule has 2 aromatic rings. The molecule has 2 aromatic carbocycles. The van der Waals surface area contributed by atoms with E-state index in [-0.39, 0.29) is 52.1 Å². The Labute approximate surface area is 261 Å². The second-order valence-corrected chi connectivity index (χ2v) is 13.8. The number of carbonyl (C=O) groups is 2. The fourth-order valence-corrected chi connectivity index (χ4v) is 6.90. The molecule has 0 bridgehead atoms. The first-order valence-corrected chi connectivity index (χ1v) is 15.6. The van der Waals surface area contributed by atoms with Gasteiger partial charge in [0.25, 0.3) is 0 Å². The first-order valence-electron chi connectivity index (χ1n) is 15.6. The van der Waals surface area contributed by atoms with Gasteiger partial charge in [-0.15, -0.1) is 0 Å². The van der Waals surface area contributed by atoms with Crippen LogP contribution in [0.15, 0.2) is 53.9 Å². The lowest BCUT2D eigenvalue weighted by Gasteiger charge is -2.44. The molecule has 0 heterocycles. The van der Waals surface area contributed by atoms with Gasteiger partial charge in [-0.05, 0) is 85.9 Å². The number of likely N-dealkylation sites (N-methyl/N-ethyl adjacent to an activating group) is 1. The fraction of sp³-hybridized carbons (Fsp3) is 0.500. The number of phenols is 1. The first-order chi connectivity index (χ1) is 20.6. The lowest BCUT2D eigenvalue weighted by molar-refractivity contribution is -0.128. The number of aryl methyl sites for hydroxylation is 1. The van der Waals surface area contributed by atoms with E-state index in [9.17, 15) is 24.9 Å². The van der Waals surface area contributed by atoms with E-state index in [0.29, 0.717) is 31.5 Å². The Kier molecular flexibility index (Phi) is 9.66. The highest BCUT2D eigenvalue weighted by Crippen LogP contribution is 2.49. The summed E-state index contributed by atoms with van der Waals surface area (Å²) in [6, 6.07) is 9.81. The Bertz CT molecular complexity index is 1470. The standard InChI is InChI=1S/C36H49N3O5/c1-9-22-16-27(38-17-21-10-12-24(13-11-21)36(4,5)6)33(42)30-25(22)14-23-15-26(28(18-40)39(7)8)31(32(41)19(2)20(3)37)35(44)29(23)34(30)43/h10-13,16,19,23,26,28,31,38,40,42,44H,3,9,14-15,17-18,37H2,1-2,4-8H3/t19?,23-,26-,28+,31?/m0/s1. The molecule has 2 aliphatic rings. The average molecular weight is 604 g/mol. The van der Waals surface area contributed by atoms with Crippen molar-refractivity contribution in [1.82, 2.24) is 4.90 Å². The van der Waals surface area contributed by atoms with Gasteiger partial charge in [0.2, 0.25) is 0 Å². The highest BCUT2D eigenvalue weighted by Gasteiger charge is 2.50. The zero-order valence-electron chi connectivity index (χ0n) is 27.2. The number of anilines is 1. The number of nitrogens with zero attached hydrogens (tertiary/aromatic N) is 1. The molecular weight excluding hydrogens is 554 g/mol.